The molecule has 0 fully saturated rings. The van der Waals surface area contributed by atoms with Crippen LogP contribution in [0, 0.1) is 18.2 Å². The molecule has 74 valence electrons. The van der Waals surface area contributed by atoms with E-state index in [1.54, 1.807) is 6.07 Å². The number of halogens is 1. The van der Waals surface area contributed by atoms with Crippen LogP contribution in [0.4, 0.5) is 4.39 Å². The molecule has 0 unspecified atom stereocenters. The first kappa shape index (κ1) is 10.6. The van der Waals surface area contributed by atoms with E-state index in [1.165, 1.54) is 12.1 Å². The molecule has 0 spiro atoms. The molecular formula is C11H12FNO. The molecule has 0 saturated heterocycles. The van der Waals surface area contributed by atoms with Crippen molar-refractivity contribution in [1.29, 1.82) is 0 Å². The molecule has 3 heteroatoms. The van der Waals surface area contributed by atoms with Crippen LogP contribution in [0.25, 0.3) is 0 Å². The van der Waals surface area contributed by atoms with Gasteiger partial charge in [-0.2, -0.15) is 0 Å². The number of ether oxygens (including phenoxy) is 1. The van der Waals surface area contributed by atoms with Gasteiger partial charge in [-0.1, -0.05) is 0 Å². The summed E-state index contributed by atoms with van der Waals surface area (Å²) in [5.41, 5.74) is 6.10. The lowest BCUT2D eigenvalue weighted by molar-refractivity contribution is 0.325. The van der Waals surface area contributed by atoms with Gasteiger partial charge in [0.15, 0.2) is 0 Å². The lowest BCUT2D eigenvalue weighted by atomic mass is 10.2. The Morgan fingerprint density at radius 2 is 2.21 bits per heavy atom. The highest BCUT2D eigenvalue weighted by Gasteiger charge is 2.00. The fourth-order valence-corrected chi connectivity index (χ4v) is 1.05. The van der Waals surface area contributed by atoms with Crippen LogP contribution in [0.1, 0.15) is 12.0 Å². The van der Waals surface area contributed by atoms with E-state index in [0.717, 1.165) is 0 Å². The Hall–Kier alpha value is -1.53. The highest BCUT2D eigenvalue weighted by atomic mass is 19.1. The summed E-state index contributed by atoms with van der Waals surface area (Å²) >= 11 is 0. The van der Waals surface area contributed by atoms with Crippen molar-refractivity contribution in [2.75, 3.05) is 6.61 Å². The van der Waals surface area contributed by atoms with Crippen molar-refractivity contribution < 1.29 is 9.13 Å². The molecule has 0 atom stereocenters. The van der Waals surface area contributed by atoms with E-state index in [2.05, 4.69) is 5.92 Å². The average Bonchev–Trinajstić information content (AvgIpc) is 2.17. The third-order valence-electron chi connectivity index (χ3n) is 1.68. The van der Waals surface area contributed by atoms with Gasteiger partial charge in [0.05, 0.1) is 6.61 Å². The third-order valence-corrected chi connectivity index (χ3v) is 1.68. The molecule has 0 aliphatic carbocycles. The lowest BCUT2D eigenvalue weighted by Gasteiger charge is -2.05. The van der Waals surface area contributed by atoms with Gasteiger partial charge in [0, 0.05) is 19.0 Å². The molecule has 0 aromatic heterocycles. The summed E-state index contributed by atoms with van der Waals surface area (Å²) in [6, 6.07) is 4.41. The van der Waals surface area contributed by atoms with Gasteiger partial charge < -0.3 is 10.5 Å². The van der Waals surface area contributed by atoms with E-state index in [-0.39, 0.29) is 5.82 Å². The lowest BCUT2D eigenvalue weighted by Crippen LogP contribution is -2.00. The normalized spacial score (nSPS) is 9.50. The summed E-state index contributed by atoms with van der Waals surface area (Å²) in [5.74, 6) is 2.57. The van der Waals surface area contributed by atoms with Crippen LogP contribution in [0.15, 0.2) is 18.2 Å². The van der Waals surface area contributed by atoms with Gasteiger partial charge in [-0.25, -0.2) is 4.39 Å². The van der Waals surface area contributed by atoms with Gasteiger partial charge in [-0.05, 0) is 17.7 Å². The van der Waals surface area contributed by atoms with E-state index >= 15 is 0 Å². The fourth-order valence-electron chi connectivity index (χ4n) is 1.05. The first-order valence-electron chi connectivity index (χ1n) is 4.32. The molecule has 0 aliphatic rings. The molecule has 1 aromatic carbocycles. The summed E-state index contributed by atoms with van der Waals surface area (Å²) < 4.78 is 18.2. The monoisotopic (exact) mass is 193 g/mol. The smallest absolute Gasteiger partial charge is 0.127 e. The summed E-state index contributed by atoms with van der Waals surface area (Å²) in [6.07, 6.45) is 5.56. The van der Waals surface area contributed by atoms with E-state index < -0.39 is 0 Å². The van der Waals surface area contributed by atoms with Gasteiger partial charge in [-0.3, -0.25) is 0 Å². The van der Waals surface area contributed by atoms with E-state index in [4.69, 9.17) is 16.9 Å². The van der Waals surface area contributed by atoms with E-state index in [9.17, 15) is 4.39 Å². The van der Waals surface area contributed by atoms with Crippen molar-refractivity contribution in [3.8, 4) is 18.1 Å². The zero-order valence-corrected chi connectivity index (χ0v) is 7.79. The number of hydrogen-bond donors (Lipinski definition) is 1. The minimum Gasteiger partial charge on any atom is -0.492 e. The van der Waals surface area contributed by atoms with E-state index in [1.807, 2.05) is 0 Å². The molecular weight excluding hydrogens is 181 g/mol. The van der Waals surface area contributed by atoms with Crippen LogP contribution in [-0.2, 0) is 6.54 Å². The van der Waals surface area contributed by atoms with Gasteiger partial charge in [-0.15, -0.1) is 12.3 Å². The maximum atomic E-state index is 12.9. The summed E-state index contributed by atoms with van der Waals surface area (Å²) in [6.45, 7) is 0.688. The minimum atomic E-state index is -0.344. The van der Waals surface area contributed by atoms with Gasteiger partial charge in [0.2, 0.25) is 0 Å². The molecule has 2 nitrogen and oxygen atoms in total. The quantitative estimate of drug-likeness (QED) is 0.583. The number of terminal acetylenes is 1. The van der Waals surface area contributed by atoms with Gasteiger partial charge in [0.25, 0.3) is 0 Å². The number of benzene rings is 1. The maximum Gasteiger partial charge on any atom is 0.127 e. The van der Waals surface area contributed by atoms with Gasteiger partial charge >= 0.3 is 0 Å². The topological polar surface area (TPSA) is 35.2 Å². The van der Waals surface area contributed by atoms with Crippen LogP contribution in [0.5, 0.6) is 5.75 Å². The largest absolute Gasteiger partial charge is 0.492 e. The molecule has 0 aliphatic heterocycles. The van der Waals surface area contributed by atoms with Crippen molar-refractivity contribution >= 4 is 0 Å². The second-order valence-electron chi connectivity index (χ2n) is 2.80. The van der Waals surface area contributed by atoms with Crippen LogP contribution >= 0.6 is 0 Å². The molecule has 0 heterocycles. The molecule has 14 heavy (non-hydrogen) atoms. The van der Waals surface area contributed by atoms with Crippen LogP contribution in [0.2, 0.25) is 0 Å². The summed E-state index contributed by atoms with van der Waals surface area (Å²) in [4.78, 5) is 0. The van der Waals surface area contributed by atoms with Gasteiger partial charge in [0.1, 0.15) is 11.6 Å². The molecule has 0 saturated carbocycles. The SMILES string of the molecule is C#CCCOc1cc(F)cc(CN)c1. The Labute approximate surface area is 82.9 Å². The zero-order chi connectivity index (χ0) is 10.4. The van der Waals surface area contributed by atoms with Crippen molar-refractivity contribution in [3.63, 3.8) is 0 Å². The Balaban J connectivity index is 2.67. The van der Waals surface area contributed by atoms with Crippen molar-refractivity contribution in [3.05, 3.63) is 29.6 Å². The second-order valence-corrected chi connectivity index (χ2v) is 2.80. The standard InChI is InChI=1S/C11H12FNO/c1-2-3-4-14-11-6-9(8-13)5-10(12)7-11/h1,5-7H,3-4,8,13H2. The molecule has 0 radical (unpaired) electrons. The molecule has 1 aromatic rings. The fraction of sp³-hybridized carbons (Fsp3) is 0.273. The van der Waals surface area contributed by atoms with E-state index in [0.29, 0.717) is 30.9 Å². The first-order chi connectivity index (χ1) is 6.76. The van der Waals surface area contributed by atoms with Crippen LogP contribution < -0.4 is 10.5 Å². The third kappa shape index (κ3) is 3.08. The highest BCUT2D eigenvalue weighted by Crippen LogP contribution is 2.16. The Kier molecular flexibility index (Phi) is 3.96. The van der Waals surface area contributed by atoms with Crippen LogP contribution in [-0.4, -0.2) is 6.61 Å². The predicted octanol–water partition coefficient (Wildman–Crippen LogP) is 1.69. The van der Waals surface area contributed by atoms with Crippen LogP contribution in [0.3, 0.4) is 0 Å². The average molecular weight is 193 g/mol. The van der Waals surface area contributed by atoms with Crippen molar-refractivity contribution in [2.45, 2.75) is 13.0 Å². The molecule has 0 amide bonds. The first-order valence-corrected chi connectivity index (χ1v) is 4.32. The summed E-state index contributed by atoms with van der Waals surface area (Å²) in [7, 11) is 0. The number of nitrogens with two attached hydrogens (primary N) is 1. The molecule has 1 rings (SSSR count). The zero-order valence-electron chi connectivity index (χ0n) is 7.79. The predicted molar refractivity (Wildman–Crippen MR) is 53.2 cm³/mol. The Bertz CT molecular complexity index is 344. The molecule has 2 N–H and O–H groups in total. The Morgan fingerprint density at radius 1 is 1.43 bits per heavy atom. The Morgan fingerprint density at radius 3 is 2.86 bits per heavy atom. The second kappa shape index (κ2) is 5.25. The molecule has 0 bridgehead atoms. The minimum absolute atomic E-state index is 0.295. The number of hydrogen-bond acceptors (Lipinski definition) is 2. The maximum absolute atomic E-state index is 12.9. The highest BCUT2D eigenvalue weighted by molar-refractivity contribution is 5.29. The van der Waals surface area contributed by atoms with Crippen molar-refractivity contribution in [2.24, 2.45) is 5.73 Å². The number of rotatable bonds is 4. The summed E-state index contributed by atoms with van der Waals surface area (Å²) in [5, 5.41) is 0. The van der Waals surface area contributed by atoms with Crippen molar-refractivity contribution in [1.82, 2.24) is 0 Å².